The molecule has 8 heteroatoms. The van der Waals surface area contributed by atoms with Crippen molar-refractivity contribution < 1.29 is 17.9 Å². The van der Waals surface area contributed by atoms with Gasteiger partial charge in [-0.2, -0.15) is 18.2 Å². The number of nitrogens with zero attached hydrogens (tertiary/aromatic N) is 2. The van der Waals surface area contributed by atoms with Gasteiger partial charge in [-0.3, -0.25) is 0 Å². The second kappa shape index (κ2) is 12.8. The van der Waals surface area contributed by atoms with Gasteiger partial charge in [0.2, 0.25) is 5.95 Å². The average Bonchev–Trinajstić information content (AvgIpc) is 2.90. The van der Waals surface area contributed by atoms with Crippen molar-refractivity contribution in [3.8, 4) is 5.75 Å². The SMILES string of the molecule is CCCCCCOc1ccccc1Nc1nc(Nc2ccc(C3CCCCC3)cc2)ncc1C(F)(F)F. The second-order valence-electron chi connectivity index (χ2n) is 9.57. The minimum absolute atomic E-state index is 0.0823. The van der Waals surface area contributed by atoms with Gasteiger partial charge in [0.05, 0.1) is 12.3 Å². The van der Waals surface area contributed by atoms with Crippen LogP contribution in [-0.2, 0) is 6.18 Å². The number of rotatable bonds is 11. The van der Waals surface area contributed by atoms with Gasteiger partial charge >= 0.3 is 6.18 Å². The number of hydrogen-bond acceptors (Lipinski definition) is 5. The highest BCUT2D eigenvalue weighted by Gasteiger charge is 2.35. The number of anilines is 4. The Labute approximate surface area is 216 Å². The fourth-order valence-corrected chi connectivity index (χ4v) is 4.68. The Bertz CT molecular complexity index is 1130. The van der Waals surface area contributed by atoms with Crippen molar-refractivity contribution in [1.82, 2.24) is 9.97 Å². The van der Waals surface area contributed by atoms with Crippen LogP contribution in [0.1, 0.15) is 81.8 Å². The van der Waals surface area contributed by atoms with Gasteiger partial charge in [0.15, 0.2) is 0 Å². The molecule has 0 bridgehead atoms. The van der Waals surface area contributed by atoms with Crippen molar-refractivity contribution in [3.05, 3.63) is 65.9 Å². The third-order valence-corrected chi connectivity index (χ3v) is 6.73. The molecule has 0 amide bonds. The van der Waals surface area contributed by atoms with Gasteiger partial charge in [-0.05, 0) is 55.0 Å². The van der Waals surface area contributed by atoms with Crippen molar-refractivity contribution in [2.24, 2.45) is 0 Å². The predicted octanol–water partition coefficient (Wildman–Crippen LogP) is 8.99. The van der Waals surface area contributed by atoms with Gasteiger partial charge in [0.1, 0.15) is 17.1 Å². The van der Waals surface area contributed by atoms with E-state index >= 15 is 0 Å². The molecule has 198 valence electrons. The van der Waals surface area contributed by atoms with Gasteiger partial charge in [-0.1, -0.05) is 69.7 Å². The molecule has 1 aromatic heterocycles. The molecule has 4 rings (SSSR count). The summed E-state index contributed by atoms with van der Waals surface area (Å²) < 4.78 is 47.2. The van der Waals surface area contributed by atoms with Crippen molar-refractivity contribution >= 4 is 23.1 Å². The van der Waals surface area contributed by atoms with E-state index in [1.54, 1.807) is 24.3 Å². The van der Waals surface area contributed by atoms with Crippen LogP contribution < -0.4 is 15.4 Å². The molecule has 5 nitrogen and oxygen atoms in total. The molecule has 0 spiro atoms. The van der Waals surface area contributed by atoms with Gasteiger partial charge in [0, 0.05) is 11.9 Å². The topological polar surface area (TPSA) is 59.1 Å². The molecule has 1 heterocycles. The number of halogens is 3. The molecular formula is C29H35F3N4O. The highest BCUT2D eigenvalue weighted by atomic mass is 19.4. The van der Waals surface area contributed by atoms with E-state index in [9.17, 15) is 13.2 Å². The normalized spacial score (nSPS) is 14.4. The summed E-state index contributed by atoms with van der Waals surface area (Å²) in [7, 11) is 0. The molecule has 0 radical (unpaired) electrons. The van der Waals surface area contributed by atoms with E-state index < -0.39 is 11.7 Å². The summed E-state index contributed by atoms with van der Waals surface area (Å²) in [5.41, 5.74) is 1.50. The number of alkyl halides is 3. The Hall–Kier alpha value is -3.29. The van der Waals surface area contributed by atoms with Crippen LogP contribution in [-0.4, -0.2) is 16.6 Å². The van der Waals surface area contributed by atoms with Crippen molar-refractivity contribution in [2.45, 2.75) is 76.8 Å². The maximum absolute atomic E-state index is 13.8. The number of nitrogens with one attached hydrogen (secondary N) is 2. The Morgan fingerprint density at radius 2 is 1.68 bits per heavy atom. The number of para-hydroxylation sites is 2. The summed E-state index contributed by atoms with van der Waals surface area (Å²) in [6.07, 6.45) is 6.59. The molecule has 37 heavy (non-hydrogen) atoms. The standard InChI is InChI=1S/C29H35F3N4O/c1-2-3-4-10-19-37-26-14-9-8-13-25(26)35-27-24(29(30,31)32)20-33-28(36-27)34-23-17-15-22(16-18-23)21-11-6-5-7-12-21/h8-9,13-18,20-21H,2-7,10-12,19H2,1H3,(H2,33,34,35,36). The van der Waals surface area contributed by atoms with Crippen LogP contribution in [0.4, 0.5) is 36.3 Å². The molecule has 1 aliphatic carbocycles. The third kappa shape index (κ3) is 7.60. The quantitative estimate of drug-likeness (QED) is 0.251. The molecule has 3 aromatic rings. The molecule has 1 fully saturated rings. The van der Waals surface area contributed by atoms with Crippen molar-refractivity contribution in [2.75, 3.05) is 17.2 Å². The summed E-state index contributed by atoms with van der Waals surface area (Å²) in [4.78, 5) is 8.14. The summed E-state index contributed by atoms with van der Waals surface area (Å²) in [6, 6.07) is 15.0. The summed E-state index contributed by atoms with van der Waals surface area (Å²) >= 11 is 0. The van der Waals surface area contributed by atoms with Gasteiger partial charge in [-0.15, -0.1) is 0 Å². The van der Waals surface area contributed by atoms with Gasteiger partial charge in [-0.25, -0.2) is 4.98 Å². The Kier molecular flexibility index (Phi) is 9.25. The summed E-state index contributed by atoms with van der Waals surface area (Å²) in [5.74, 6) is 0.818. The van der Waals surface area contributed by atoms with Gasteiger partial charge < -0.3 is 15.4 Å². The largest absolute Gasteiger partial charge is 0.491 e. The lowest BCUT2D eigenvalue weighted by Gasteiger charge is -2.22. The lowest BCUT2D eigenvalue weighted by Crippen LogP contribution is -2.13. The Balaban J connectivity index is 1.50. The van der Waals surface area contributed by atoms with Crippen molar-refractivity contribution in [3.63, 3.8) is 0 Å². The molecule has 0 saturated heterocycles. The molecule has 0 aliphatic heterocycles. The number of hydrogen-bond donors (Lipinski definition) is 2. The molecule has 0 unspecified atom stereocenters. The van der Waals surface area contributed by atoms with Crippen LogP contribution in [0.25, 0.3) is 0 Å². The molecule has 1 saturated carbocycles. The zero-order chi connectivity index (χ0) is 26.1. The number of ether oxygens (including phenoxy) is 1. The maximum Gasteiger partial charge on any atom is 0.421 e. The van der Waals surface area contributed by atoms with Crippen LogP contribution in [0.5, 0.6) is 5.75 Å². The lowest BCUT2D eigenvalue weighted by atomic mass is 9.84. The van der Waals surface area contributed by atoms with E-state index in [1.807, 2.05) is 12.1 Å². The van der Waals surface area contributed by atoms with E-state index in [0.29, 0.717) is 24.0 Å². The van der Waals surface area contributed by atoms with Crippen LogP contribution in [0.3, 0.4) is 0 Å². The second-order valence-corrected chi connectivity index (χ2v) is 9.57. The van der Waals surface area contributed by atoms with E-state index in [0.717, 1.165) is 37.6 Å². The first kappa shape index (κ1) is 26.8. The van der Waals surface area contributed by atoms with Crippen LogP contribution in [0.15, 0.2) is 54.7 Å². The Morgan fingerprint density at radius 3 is 2.41 bits per heavy atom. The van der Waals surface area contributed by atoms with Gasteiger partial charge in [0.25, 0.3) is 0 Å². The molecule has 1 aliphatic rings. The van der Waals surface area contributed by atoms with E-state index in [2.05, 4.69) is 39.7 Å². The fraction of sp³-hybridized carbons (Fsp3) is 0.448. The van der Waals surface area contributed by atoms with Crippen molar-refractivity contribution in [1.29, 1.82) is 0 Å². The first-order valence-electron chi connectivity index (χ1n) is 13.2. The Morgan fingerprint density at radius 1 is 0.919 bits per heavy atom. The highest BCUT2D eigenvalue weighted by Crippen LogP contribution is 2.37. The molecular weight excluding hydrogens is 477 g/mol. The zero-order valence-electron chi connectivity index (χ0n) is 21.3. The molecule has 0 atom stereocenters. The van der Waals surface area contributed by atoms with E-state index in [4.69, 9.17) is 4.74 Å². The highest BCUT2D eigenvalue weighted by molar-refractivity contribution is 5.67. The monoisotopic (exact) mass is 512 g/mol. The number of unbranched alkanes of at least 4 members (excludes halogenated alkanes) is 3. The first-order chi connectivity index (χ1) is 17.9. The predicted molar refractivity (Wildman–Crippen MR) is 142 cm³/mol. The lowest BCUT2D eigenvalue weighted by molar-refractivity contribution is -0.137. The van der Waals surface area contributed by atoms with Crippen LogP contribution >= 0.6 is 0 Å². The van der Waals surface area contributed by atoms with Crippen LogP contribution in [0.2, 0.25) is 0 Å². The maximum atomic E-state index is 13.8. The number of aromatic nitrogens is 2. The third-order valence-electron chi connectivity index (χ3n) is 6.73. The molecule has 2 aromatic carbocycles. The number of benzene rings is 2. The first-order valence-corrected chi connectivity index (χ1v) is 13.2. The minimum Gasteiger partial charge on any atom is -0.491 e. The zero-order valence-corrected chi connectivity index (χ0v) is 21.3. The minimum atomic E-state index is -4.61. The van der Waals surface area contributed by atoms with E-state index in [1.165, 1.54) is 37.7 Å². The summed E-state index contributed by atoms with van der Waals surface area (Å²) in [5, 5.41) is 5.89. The smallest absolute Gasteiger partial charge is 0.421 e. The van der Waals surface area contributed by atoms with Crippen LogP contribution in [0, 0.1) is 0 Å². The summed E-state index contributed by atoms with van der Waals surface area (Å²) in [6.45, 7) is 2.63. The average molecular weight is 513 g/mol. The molecule has 2 N–H and O–H groups in total. The van der Waals surface area contributed by atoms with E-state index in [-0.39, 0.29) is 11.8 Å². The fourth-order valence-electron chi connectivity index (χ4n) is 4.68.